The van der Waals surface area contributed by atoms with Gasteiger partial charge in [-0.25, -0.2) is 8.78 Å². The molecule has 98 valence electrons. The van der Waals surface area contributed by atoms with Crippen molar-refractivity contribution < 1.29 is 8.78 Å². The molecule has 3 rings (SSSR count). The van der Waals surface area contributed by atoms with Crippen LogP contribution in [0.25, 0.3) is 0 Å². The van der Waals surface area contributed by atoms with E-state index in [2.05, 4.69) is 6.92 Å². The van der Waals surface area contributed by atoms with Crippen LogP contribution in [0.15, 0.2) is 0 Å². The molecule has 0 bridgehead atoms. The van der Waals surface area contributed by atoms with E-state index in [1.165, 1.54) is 25.7 Å². The highest BCUT2D eigenvalue weighted by atomic mass is 19.3. The molecule has 2 heteroatoms. The maximum Gasteiger partial charge on any atom is 0.248 e. The number of alkyl halides is 2. The Morgan fingerprint density at radius 3 is 2.06 bits per heavy atom. The molecule has 0 aromatic heterocycles. The van der Waals surface area contributed by atoms with Gasteiger partial charge in [-0.1, -0.05) is 26.2 Å². The van der Waals surface area contributed by atoms with Gasteiger partial charge in [0.15, 0.2) is 0 Å². The smallest absolute Gasteiger partial charge is 0.207 e. The van der Waals surface area contributed by atoms with Crippen LogP contribution >= 0.6 is 0 Å². The number of hydrogen-bond donors (Lipinski definition) is 0. The second-order valence-corrected chi connectivity index (χ2v) is 7.05. The Morgan fingerprint density at radius 2 is 1.47 bits per heavy atom. The lowest BCUT2D eigenvalue weighted by atomic mass is 9.74. The number of rotatable bonds is 1. The zero-order chi connectivity index (χ0) is 12.0. The van der Waals surface area contributed by atoms with Gasteiger partial charge in [0.1, 0.15) is 0 Å². The van der Waals surface area contributed by atoms with Gasteiger partial charge in [0.2, 0.25) is 5.92 Å². The van der Waals surface area contributed by atoms with E-state index < -0.39 is 5.92 Å². The van der Waals surface area contributed by atoms with E-state index in [1.54, 1.807) is 0 Å². The predicted octanol–water partition coefficient (Wildman–Crippen LogP) is 4.88. The van der Waals surface area contributed by atoms with Gasteiger partial charge in [-0.3, -0.25) is 0 Å². The second kappa shape index (κ2) is 4.20. The van der Waals surface area contributed by atoms with Crippen LogP contribution in [0.2, 0.25) is 0 Å². The van der Waals surface area contributed by atoms with E-state index in [-0.39, 0.29) is 12.8 Å². The molecule has 0 spiro atoms. The van der Waals surface area contributed by atoms with Crippen molar-refractivity contribution in [3.05, 3.63) is 0 Å². The van der Waals surface area contributed by atoms with Crippen molar-refractivity contribution in [1.82, 2.24) is 0 Å². The van der Waals surface area contributed by atoms with Gasteiger partial charge in [0.25, 0.3) is 0 Å². The number of halogens is 2. The first-order valence-electron chi connectivity index (χ1n) is 7.41. The minimum Gasteiger partial charge on any atom is -0.207 e. The minimum atomic E-state index is -2.33. The zero-order valence-electron chi connectivity index (χ0n) is 10.8. The molecule has 3 fully saturated rings. The van der Waals surface area contributed by atoms with Crippen LogP contribution in [0.4, 0.5) is 8.78 Å². The monoisotopic (exact) mass is 242 g/mol. The lowest BCUT2D eigenvalue weighted by molar-refractivity contribution is -0.00266. The highest BCUT2D eigenvalue weighted by molar-refractivity contribution is 4.97. The maximum atomic E-state index is 13.3. The van der Waals surface area contributed by atoms with E-state index in [9.17, 15) is 8.78 Å². The average Bonchev–Trinajstić information content (AvgIpc) is 2.71. The summed E-state index contributed by atoms with van der Waals surface area (Å²) >= 11 is 0. The first-order chi connectivity index (χ1) is 8.03. The summed E-state index contributed by atoms with van der Waals surface area (Å²) in [4.78, 5) is 0. The summed E-state index contributed by atoms with van der Waals surface area (Å²) < 4.78 is 26.6. The average molecular weight is 242 g/mol. The Hall–Kier alpha value is -0.140. The summed E-state index contributed by atoms with van der Waals surface area (Å²) in [7, 11) is 0. The Morgan fingerprint density at radius 1 is 0.824 bits per heavy atom. The van der Waals surface area contributed by atoms with Crippen LogP contribution in [0.3, 0.4) is 0 Å². The molecule has 0 nitrogen and oxygen atoms in total. The van der Waals surface area contributed by atoms with Crippen molar-refractivity contribution in [1.29, 1.82) is 0 Å². The van der Waals surface area contributed by atoms with Crippen molar-refractivity contribution in [3.8, 4) is 0 Å². The Bertz CT molecular complexity index is 271. The van der Waals surface area contributed by atoms with Crippen LogP contribution in [0, 0.1) is 29.6 Å². The third kappa shape index (κ3) is 2.37. The third-order valence-electron chi connectivity index (χ3n) is 5.64. The molecule has 0 N–H and O–H groups in total. The molecule has 0 aliphatic heterocycles. The lowest BCUT2D eigenvalue weighted by Gasteiger charge is -2.32. The molecule has 0 amide bonds. The largest absolute Gasteiger partial charge is 0.248 e. The first kappa shape index (κ1) is 11.9. The van der Waals surface area contributed by atoms with Crippen LogP contribution in [0.1, 0.15) is 58.3 Å². The van der Waals surface area contributed by atoms with Crippen LogP contribution in [0.5, 0.6) is 0 Å². The van der Waals surface area contributed by atoms with E-state index >= 15 is 0 Å². The summed E-state index contributed by atoms with van der Waals surface area (Å²) in [5, 5.41) is 0. The minimum absolute atomic E-state index is 0.191. The fraction of sp³-hybridized carbons (Fsp3) is 1.00. The fourth-order valence-electron chi connectivity index (χ4n) is 4.90. The molecule has 17 heavy (non-hydrogen) atoms. The van der Waals surface area contributed by atoms with Gasteiger partial charge < -0.3 is 0 Å². The quantitative estimate of drug-likeness (QED) is 0.614. The number of fused-ring (bicyclic) bond motifs is 1. The molecule has 0 aromatic rings. The molecule has 5 atom stereocenters. The van der Waals surface area contributed by atoms with E-state index in [4.69, 9.17) is 0 Å². The Labute approximate surface area is 103 Å². The molecular formula is C15H24F2. The molecule has 0 saturated heterocycles. The van der Waals surface area contributed by atoms with Crippen molar-refractivity contribution in [2.75, 3.05) is 0 Å². The van der Waals surface area contributed by atoms with Crippen molar-refractivity contribution in [2.24, 2.45) is 29.6 Å². The first-order valence-corrected chi connectivity index (χ1v) is 7.41. The van der Waals surface area contributed by atoms with E-state index in [0.29, 0.717) is 11.8 Å². The van der Waals surface area contributed by atoms with Gasteiger partial charge in [-0.05, 0) is 48.9 Å². The van der Waals surface area contributed by atoms with E-state index in [0.717, 1.165) is 30.6 Å². The van der Waals surface area contributed by atoms with Crippen molar-refractivity contribution in [3.63, 3.8) is 0 Å². The van der Waals surface area contributed by atoms with Gasteiger partial charge in [0, 0.05) is 12.8 Å². The van der Waals surface area contributed by atoms with Crippen LogP contribution < -0.4 is 0 Å². The van der Waals surface area contributed by atoms with Gasteiger partial charge in [-0.2, -0.15) is 0 Å². The molecule has 0 radical (unpaired) electrons. The van der Waals surface area contributed by atoms with E-state index in [1.807, 2.05) is 0 Å². The highest BCUT2D eigenvalue weighted by Crippen LogP contribution is 2.55. The molecule has 2 unspecified atom stereocenters. The molecule has 3 aliphatic carbocycles. The fourth-order valence-corrected chi connectivity index (χ4v) is 4.90. The molecule has 3 saturated carbocycles. The molecule has 0 aromatic carbocycles. The summed E-state index contributed by atoms with van der Waals surface area (Å²) in [6.07, 6.45) is 8.08. The Balaban J connectivity index is 1.59. The predicted molar refractivity (Wildman–Crippen MR) is 65.0 cm³/mol. The summed E-state index contributed by atoms with van der Waals surface area (Å²) in [5.41, 5.74) is 0. The SMILES string of the molecule is C[C@H]1CCC[C@H](C2CC3CC(F)(F)C[C@H]3C2)C1. The Kier molecular flexibility index (Phi) is 2.95. The molecular weight excluding hydrogens is 218 g/mol. The van der Waals surface area contributed by atoms with Crippen molar-refractivity contribution >= 4 is 0 Å². The molecule has 0 heterocycles. The van der Waals surface area contributed by atoms with Gasteiger partial charge >= 0.3 is 0 Å². The van der Waals surface area contributed by atoms with Gasteiger partial charge in [-0.15, -0.1) is 0 Å². The number of hydrogen-bond acceptors (Lipinski definition) is 0. The topological polar surface area (TPSA) is 0 Å². The second-order valence-electron chi connectivity index (χ2n) is 7.05. The maximum absolute atomic E-state index is 13.3. The molecule has 3 aliphatic rings. The zero-order valence-corrected chi connectivity index (χ0v) is 10.8. The van der Waals surface area contributed by atoms with Crippen LogP contribution in [-0.4, -0.2) is 5.92 Å². The third-order valence-corrected chi connectivity index (χ3v) is 5.64. The van der Waals surface area contributed by atoms with Crippen molar-refractivity contribution in [2.45, 2.75) is 64.2 Å². The van der Waals surface area contributed by atoms with Crippen LogP contribution in [-0.2, 0) is 0 Å². The lowest BCUT2D eigenvalue weighted by Crippen LogP contribution is -2.21. The standard InChI is InChI=1S/C15H24F2/c1-10-3-2-4-11(5-10)12-6-13-8-15(16,17)9-14(13)7-12/h10-14H,2-9H2,1H3/t10-,11-,12?,13+,14?/m0/s1. The normalized spacial score (nSPS) is 49.2. The highest BCUT2D eigenvalue weighted by Gasteiger charge is 2.51. The summed E-state index contributed by atoms with van der Waals surface area (Å²) in [6.45, 7) is 2.36. The van der Waals surface area contributed by atoms with Gasteiger partial charge in [0.05, 0.1) is 0 Å². The summed E-state index contributed by atoms with van der Waals surface area (Å²) in [6, 6.07) is 0. The summed E-state index contributed by atoms with van der Waals surface area (Å²) in [5.74, 6) is 0.886.